The lowest BCUT2D eigenvalue weighted by molar-refractivity contribution is -0.121. The van der Waals surface area contributed by atoms with Crippen LogP contribution in [0.25, 0.3) is 10.9 Å². The lowest BCUT2D eigenvalue weighted by Crippen LogP contribution is -2.48. The van der Waals surface area contributed by atoms with E-state index in [2.05, 4.69) is 15.6 Å². The van der Waals surface area contributed by atoms with Gasteiger partial charge in [-0.3, -0.25) is 4.79 Å². The first-order valence-corrected chi connectivity index (χ1v) is 10.2. The number of nitrogens with zero attached hydrogens (tertiary/aromatic N) is 1. The highest BCUT2D eigenvalue weighted by Gasteiger charge is 2.24. The van der Waals surface area contributed by atoms with E-state index in [-0.39, 0.29) is 18.0 Å². The Kier molecular flexibility index (Phi) is 5.88. The Morgan fingerprint density at radius 1 is 1.13 bits per heavy atom. The second-order valence-electron chi connectivity index (χ2n) is 7.53. The number of methoxy groups -OCH3 is 1. The van der Waals surface area contributed by atoms with Crippen LogP contribution in [-0.2, 0) is 11.2 Å². The Labute approximate surface area is 175 Å². The maximum atomic E-state index is 12.6. The maximum absolute atomic E-state index is 12.6. The number of hydrogen-bond acceptors (Lipinski definition) is 3. The van der Waals surface area contributed by atoms with Crippen molar-refractivity contribution in [2.24, 2.45) is 0 Å². The van der Waals surface area contributed by atoms with E-state index in [9.17, 15) is 9.59 Å². The van der Waals surface area contributed by atoms with Crippen LogP contribution < -0.4 is 15.4 Å². The molecule has 7 heteroatoms. The number of para-hydroxylation sites is 1. The number of urea groups is 1. The molecular formula is C23H26N4O3. The number of H-pyrrole nitrogens is 1. The highest BCUT2D eigenvalue weighted by Crippen LogP contribution is 2.24. The third-order valence-corrected chi connectivity index (χ3v) is 5.50. The highest BCUT2D eigenvalue weighted by molar-refractivity contribution is 5.90. The molecule has 7 nitrogen and oxygen atoms in total. The van der Waals surface area contributed by atoms with E-state index < -0.39 is 0 Å². The lowest BCUT2D eigenvalue weighted by atomic mass is 10.0. The second-order valence-corrected chi connectivity index (χ2v) is 7.53. The Hall–Kier alpha value is -3.48. The van der Waals surface area contributed by atoms with Crippen LogP contribution in [0.4, 0.5) is 10.5 Å². The number of benzene rings is 2. The van der Waals surface area contributed by atoms with Crippen LogP contribution in [0.3, 0.4) is 0 Å². The van der Waals surface area contributed by atoms with Crippen LogP contribution in [0.2, 0.25) is 0 Å². The van der Waals surface area contributed by atoms with Crippen molar-refractivity contribution < 1.29 is 14.3 Å². The summed E-state index contributed by atoms with van der Waals surface area (Å²) < 4.78 is 5.29. The normalized spacial score (nSPS) is 14.5. The van der Waals surface area contributed by atoms with E-state index in [4.69, 9.17) is 4.74 Å². The summed E-state index contributed by atoms with van der Waals surface area (Å²) in [7, 11) is 1.63. The Morgan fingerprint density at radius 3 is 2.63 bits per heavy atom. The third kappa shape index (κ3) is 4.56. The molecule has 2 heterocycles. The van der Waals surface area contributed by atoms with Gasteiger partial charge in [0.2, 0.25) is 5.91 Å². The highest BCUT2D eigenvalue weighted by atomic mass is 16.5. The summed E-state index contributed by atoms with van der Waals surface area (Å²) in [5.74, 6) is 0.760. The topological polar surface area (TPSA) is 86.5 Å². The van der Waals surface area contributed by atoms with Crippen LogP contribution in [0.15, 0.2) is 54.7 Å². The molecule has 4 rings (SSSR count). The van der Waals surface area contributed by atoms with Gasteiger partial charge in [-0.15, -0.1) is 0 Å². The zero-order valence-electron chi connectivity index (χ0n) is 17.0. The number of aromatic amines is 1. The van der Waals surface area contributed by atoms with E-state index in [1.807, 2.05) is 54.7 Å². The number of hydrogen-bond donors (Lipinski definition) is 3. The number of carbonyl (C=O) groups is 2. The third-order valence-electron chi connectivity index (χ3n) is 5.50. The molecule has 156 valence electrons. The molecule has 1 saturated heterocycles. The van der Waals surface area contributed by atoms with Gasteiger partial charge in [0.15, 0.2) is 0 Å². The van der Waals surface area contributed by atoms with Crippen LogP contribution >= 0.6 is 0 Å². The molecule has 3 N–H and O–H groups in total. The Bertz CT molecular complexity index is 1020. The van der Waals surface area contributed by atoms with E-state index in [1.54, 1.807) is 12.0 Å². The first kappa shape index (κ1) is 19.8. The summed E-state index contributed by atoms with van der Waals surface area (Å²) in [5, 5.41) is 7.02. The van der Waals surface area contributed by atoms with E-state index in [0.29, 0.717) is 19.5 Å². The van der Waals surface area contributed by atoms with Gasteiger partial charge in [0.1, 0.15) is 5.75 Å². The largest absolute Gasteiger partial charge is 0.497 e. The number of aromatic nitrogens is 1. The molecular weight excluding hydrogens is 380 g/mol. The molecule has 0 bridgehead atoms. The zero-order chi connectivity index (χ0) is 20.9. The molecule has 30 heavy (non-hydrogen) atoms. The fourth-order valence-electron chi connectivity index (χ4n) is 3.83. The van der Waals surface area contributed by atoms with Crippen molar-refractivity contribution in [3.63, 3.8) is 0 Å². The van der Waals surface area contributed by atoms with Crippen LogP contribution in [0.5, 0.6) is 5.75 Å². The minimum atomic E-state index is -0.0984. The fourth-order valence-corrected chi connectivity index (χ4v) is 3.83. The van der Waals surface area contributed by atoms with Crippen LogP contribution in [0.1, 0.15) is 18.4 Å². The molecule has 1 aliphatic rings. The first-order chi connectivity index (χ1) is 14.6. The summed E-state index contributed by atoms with van der Waals surface area (Å²) in [4.78, 5) is 30.0. The molecule has 2 aromatic carbocycles. The van der Waals surface area contributed by atoms with Crippen LogP contribution in [-0.4, -0.2) is 48.1 Å². The molecule has 0 spiro atoms. The number of piperidine rings is 1. The summed E-state index contributed by atoms with van der Waals surface area (Å²) in [6, 6.07) is 15.2. The van der Waals surface area contributed by atoms with Gasteiger partial charge in [-0.2, -0.15) is 0 Å². The SMILES string of the molecule is COc1ccc2[nH]cc(CC(=O)NC3CCN(C(=O)Nc4ccccc4)CC3)c2c1. The van der Waals surface area contributed by atoms with Gasteiger partial charge in [0, 0.05) is 41.9 Å². The summed E-state index contributed by atoms with van der Waals surface area (Å²) in [6.45, 7) is 1.24. The predicted octanol–water partition coefficient (Wildman–Crippen LogP) is 3.53. The second kappa shape index (κ2) is 8.90. The van der Waals surface area contributed by atoms with Crippen molar-refractivity contribution >= 4 is 28.5 Å². The molecule has 0 aliphatic carbocycles. The fraction of sp³-hybridized carbons (Fsp3) is 0.304. The van der Waals surface area contributed by atoms with Crippen molar-refractivity contribution in [2.45, 2.75) is 25.3 Å². The molecule has 1 fully saturated rings. The Morgan fingerprint density at radius 2 is 1.90 bits per heavy atom. The number of rotatable bonds is 5. The smallest absolute Gasteiger partial charge is 0.321 e. The number of fused-ring (bicyclic) bond motifs is 1. The molecule has 0 saturated carbocycles. The van der Waals surface area contributed by atoms with Gasteiger partial charge >= 0.3 is 6.03 Å². The molecule has 1 aromatic heterocycles. The number of ether oxygens (including phenoxy) is 1. The van der Waals surface area contributed by atoms with Gasteiger partial charge < -0.3 is 25.3 Å². The molecule has 1 aliphatic heterocycles. The average molecular weight is 406 g/mol. The van der Waals surface area contributed by atoms with Crippen molar-refractivity contribution in [1.82, 2.24) is 15.2 Å². The summed E-state index contributed by atoms with van der Waals surface area (Å²) >= 11 is 0. The van der Waals surface area contributed by atoms with E-state index >= 15 is 0 Å². The van der Waals surface area contributed by atoms with E-state index in [1.165, 1.54) is 0 Å². The molecule has 0 unspecified atom stereocenters. The van der Waals surface area contributed by atoms with Gasteiger partial charge in [-0.05, 0) is 48.7 Å². The molecule has 0 radical (unpaired) electrons. The standard InChI is InChI=1S/C23H26N4O3/c1-30-19-7-8-21-20(14-19)16(15-24-21)13-22(28)25-18-9-11-27(12-10-18)23(29)26-17-5-3-2-4-6-17/h2-8,14-15,18,24H,9-13H2,1H3,(H,25,28)(H,26,29). The number of amides is 3. The van der Waals surface area contributed by atoms with Gasteiger partial charge in [0.05, 0.1) is 13.5 Å². The molecule has 3 amide bonds. The number of nitrogens with one attached hydrogen (secondary N) is 3. The number of anilines is 1. The quantitative estimate of drug-likeness (QED) is 0.606. The molecule has 3 aromatic rings. The van der Waals surface area contributed by atoms with E-state index in [0.717, 1.165) is 40.7 Å². The maximum Gasteiger partial charge on any atom is 0.321 e. The number of likely N-dealkylation sites (tertiary alicyclic amines) is 1. The van der Waals surface area contributed by atoms with Crippen LogP contribution in [0, 0.1) is 0 Å². The van der Waals surface area contributed by atoms with Gasteiger partial charge in [0.25, 0.3) is 0 Å². The van der Waals surface area contributed by atoms with Gasteiger partial charge in [-0.25, -0.2) is 4.79 Å². The van der Waals surface area contributed by atoms with Crippen molar-refractivity contribution in [3.8, 4) is 5.75 Å². The van der Waals surface area contributed by atoms with Crippen molar-refractivity contribution in [2.75, 3.05) is 25.5 Å². The summed E-state index contributed by atoms with van der Waals surface area (Å²) in [5.41, 5.74) is 2.71. The number of carbonyl (C=O) groups excluding carboxylic acids is 2. The zero-order valence-corrected chi connectivity index (χ0v) is 17.0. The minimum Gasteiger partial charge on any atom is -0.497 e. The predicted molar refractivity (Wildman–Crippen MR) is 117 cm³/mol. The lowest BCUT2D eigenvalue weighted by Gasteiger charge is -2.32. The first-order valence-electron chi connectivity index (χ1n) is 10.2. The summed E-state index contributed by atoms with van der Waals surface area (Å²) in [6.07, 6.45) is 3.67. The monoisotopic (exact) mass is 406 g/mol. The Balaban J connectivity index is 1.28. The minimum absolute atomic E-state index is 0.00842. The van der Waals surface area contributed by atoms with Gasteiger partial charge in [-0.1, -0.05) is 18.2 Å². The average Bonchev–Trinajstić information content (AvgIpc) is 3.16. The molecule has 0 atom stereocenters. The van der Waals surface area contributed by atoms with Crippen molar-refractivity contribution in [1.29, 1.82) is 0 Å². The van der Waals surface area contributed by atoms with Crippen molar-refractivity contribution in [3.05, 3.63) is 60.3 Å².